The van der Waals surface area contributed by atoms with Crippen molar-refractivity contribution in [2.24, 2.45) is 7.05 Å². The van der Waals surface area contributed by atoms with Crippen molar-refractivity contribution in [1.29, 1.82) is 0 Å². The van der Waals surface area contributed by atoms with Crippen LogP contribution in [0.2, 0.25) is 0 Å². The molecular weight excluding hydrogens is 238 g/mol. The first-order valence-electron chi connectivity index (χ1n) is 6.06. The number of anilines is 1. The monoisotopic (exact) mass is 253 g/mol. The van der Waals surface area contributed by atoms with Crippen LogP contribution in [-0.4, -0.2) is 16.7 Å². The number of rotatable bonds is 2. The standard InChI is InChI=1S/C15H15N3O/c1-18-13-8-7-10(16)9-12(13)17-15(18)11-5-3-4-6-14(11)19-2/h3-9H,16H2,1-2H3. The van der Waals surface area contributed by atoms with Gasteiger partial charge in [-0.05, 0) is 30.3 Å². The van der Waals surface area contributed by atoms with Crippen molar-refractivity contribution >= 4 is 16.7 Å². The van der Waals surface area contributed by atoms with E-state index in [-0.39, 0.29) is 0 Å². The van der Waals surface area contributed by atoms with E-state index in [9.17, 15) is 0 Å². The molecule has 0 radical (unpaired) electrons. The van der Waals surface area contributed by atoms with E-state index in [1.54, 1.807) is 7.11 Å². The summed E-state index contributed by atoms with van der Waals surface area (Å²) in [6.07, 6.45) is 0. The molecule has 0 bridgehead atoms. The molecule has 3 aromatic rings. The quantitative estimate of drug-likeness (QED) is 0.714. The summed E-state index contributed by atoms with van der Waals surface area (Å²) in [6.45, 7) is 0. The van der Waals surface area contributed by atoms with Crippen LogP contribution in [0.15, 0.2) is 42.5 Å². The van der Waals surface area contributed by atoms with Crippen molar-refractivity contribution < 1.29 is 4.74 Å². The maximum Gasteiger partial charge on any atom is 0.144 e. The highest BCUT2D eigenvalue weighted by Gasteiger charge is 2.13. The zero-order valence-electron chi connectivity index (χ0n) is 10.9. The number of hydrogen-bond donors (Lipinski definition) is 1. The van der Waals surface area contributed by atoms with E-state index in [0.717, 1.165) is 33.9 Å². The van der Waals surface area contributed by atoms with Gasteiger partial charge in [0.25, 0.3) is 0 Å². The lowest BCUT2D eigenvalue weighted by atomic mass is 10.2. The average molecular weight is 253 g/mol. The van der Waals surface area contributed by atoms with Gasteiger partial charge in [0.1, 0.15) is 11.6 Å². The Labute approximate surface area is 111 Å². The first-order valence-corrected chi connectivity index (χ1v) is 6.06. The number of nitrogens with zero attached hydrogens (tertiary/aromatic N) is 2. The van der Waals surface area contributed by atoms with Crippen molar-refractivity contribution in [2.45, 2.75) is 0 Å². The topological polar surface area (TPSA) is 53.1 Å². The van der Waals surface area contributed by atoms with Crippen molar-refractivity contribution in [3.63, 3.8) is 0 Å². The minimum absolute atomic E-state index is 0.720. The zero-order chi connectivity index (χ0) is 13.4. The van der Waals surface area contributed by atoms with Crippen LogP contribution in [0.5, 0.6) is 5.75 Å². The van der Waals surface area contributed by atoms with Crippen molar-refractivity contribution in [3.05, 3.63) is 42.5 Å². The fourth-order valence-electron chi connectivity index (χ4n) is 2.29. The van der Waals surface area contributed by atoms with Gasteiger partial charge in [-0.1, -0.05) is 12.1 Å². The molecule has 1 heterocycles. The molecule has 4 heteroatoms. The van der Waals surface area contributed by atoms with E-state index in [1.165, 1.54) is 0 Å². The second-order valence-corrected chi connectivity index (χ2v) is 4.44. The van der Waals surface area contributed by atoms with Crippen LogP contribution in [0, 0.1) is 0 Å². The van der Waals surface area contributed by atoms with Gasteiger partial charge in [-0.3, -0.25) is 0 Å². The fraction of sp³-hybridized carbons (Fsp3) is 0.133. The molecule has 0 aliphatic rings. The number of fused-ring (bicyclic) bond motifs is 1. The summed E-state index contributed by atoms with van der Waals surface area (Å²) in [5, 5.41) is 0. The minimum Gasteiger partial charge on any atom is -0.496 e. The number of methoxy groups -OCH3 is 1. The lowest BCUT2D eigenvalue weighted by Crippen LogP contribution is -1.95. The highest BCUT2D eigenvalue weighted by atomic mass is 16.5. The summed E-state index contributed by atoms with van der Waals surface area (Å²) < 4.78 is 7.44. The Bertz CT molecular complexity index is 746. The number of para-hydroxylation sites is 1. The normalized spacial score (nSPS) is 10.8. The van der Waals surface area contributed by atoms with E-state index in [1.807, 2.05) is 54.1 Å². The van der Waals surface area contributed by atoms with E-state index >= 15 is 0 Å². The van der Waals surface area contributed by atoms with Crippen molar-refractivity contribution in [2.75, 3.05) is 12.8 Å². The molecule has 2 N–H and O–H groups in total. The Morgan fingerprint density at radius 1 is 1.16 bits per heavy atom. The SMILES string of the molecule is COc1ccccc1-c1nc2cc(N)ccc2n1C. The van der Waals surface area contributed by atoms with Crippen LogP contribution < -0.4 is 10.5 Å². The summed E-state index contributed by atoms with van der Waals surface area (Å²) in [5.41, 5.74) is 9.44. The Hall–Kier alpha value is -2.49. The van der Waals surface area contributed by atoms with Gasteiger partial charge in [0.15, 0.2) is 0 Å². The number of benzene rings is 2. The van der Waals surface area contributed by atoms with Crippen LogP contribution >= 0.6 is 0 Å². The smallest absolute Gasteiger partial charge is 0.144 e. The molecule has 4 nitrogen and oxygen atoms in total. The number of aryl methyl sites for hydroxylation is 1. The second-order valence-electron chi connectivity index (χ2n) is 4.44. The third-order valence-electron chi connectivity index (χ3n) is 3.25. The number of nitrogen functional groups attached to an aromatic ring is 1. The van der Waals surface area contributed by atoms with E-state index < -0.39 is 0 Å². The molecule has 0 spiro atoms. The van der Waals surface area contributed by atoms with Gasteiger partial charge >= 0.3 is 0 Å². The van der Waals surface area contributed by atoms with Gasteiger partial charge in [0, 0.05) is 12.7 Å². The predicted octanol–water partition coefficient (Wildman–Crippen LogP) is 2.83. The Balaban J connectivity index is 2.28. The van der Waals surface area contributed by atoms with Gasteiger partial charge < -0.3 is 15.0 Å². The van der Waals surface area contributed by atoms with Crippen LogP contribution in [0.3, 0.4) is 0 Å². The molecule has 0 fully saturated rings. The molecule has 0 amide bonds. The van der Waals surface area contributed by atoms with E-state index in [2.05, 4.69) is 4.98 Å². The molecule has 96 valence electrons. The summed E-state index contributed by atoms with van der Waals surface area (Å²) in [5.74, 6) is 1.69. The van der Waals surface area contributed by atoms with Gasteiger partial charge in [-0.2, -0.15) is 0 Å². The fourth-order valence-corrected chi connectivity index (χ4v) is 2.29. The second kappa shape index (κ2) is 4.31. The van der Waals surface area contributed by atoms with E-state index in [4.69, 9.17) is 10.5 Å². The number of nitrogens with two attached hydrogens (primary N) is 1. The van der Waals surface area contributed by atoms with E-state index in [0.29, 0.717) is 0 Å². The summed E-state index contributed by atoms with van der Waals surface area (Å²) in [6, 6.07) is 13.6. The molecular formula is C15H15N3O. The largest absolute Gasteiger partial charge is 0.496 e. The van der Waals surface area contributed by atoms with Gasteiger partial charge in [0.2, 0.25) is 0 Å². The highest BCUT2D eigenvalue weighted by molar-refractivity contribution is 5.84. The molecule has 19 heavy (non-hydrogen) atoms. The van der Waals surface area contributed by atoms with Crippen molar-refractivity contribution in [3.8, 4) is 17.1 Å². The molecule has 0 atom stereocenters. The first kappa shape index (κ1) is 11.6. The molecule has 3 rings (SSSR count). The zero-order valence-corrected chi connectivity index (χ0v) is 10.9. The highest BCUT2D eigenvalue weighted by Crippen LogP contribution is 2.31. The maximum absolute atomic E-state index is 5.80. The Morgan fingerprint density at radius 3 is 2.74 bits per heavy atom. The lowest BCUT2D eigenvalue weighted by Gasteiger charge is -2.07. The summed E-state index contributed by atoms with van der Waals surface area (Å²) in [4.78, 5) is 4.65. The summed E-state index contributed by atoms with van der Waals surface area (Å²) in [7, 11) is 3.66. The van der Waals surface area contributed by atoms with Crippen LogP contribution in [-0.2, 0) is 7.05 Å². The van der Waals surface area contributed by atoms with Gasteiger partial charge in [-0.25, -0.2) is 4.98 Å². The molecule has 1 aromatic heterocycles. The minimum atomic E-state index is 0.720. The number of imidazole rings is 1. The molecule has 0 aliphatic carbocycles. The first-order chi connectivity index (χ1) is 9.20. The Morgan fingerprint density at radius 2 is 1.95 bits per heavy atom. The van der Waals surface area contributed by atoms with Crippen LogP contribution in [0.1, 0.15) is 0 Å². The molecule has 0 saturated carbocycles. The Kier molecular flexibility index (Phi) is 2.63. The van der Waals surface area contributed by atoms with Crippen LogP contribution in [0.25, 0.3) is 22.4 Å². The average Bonchev–Trinajstić information content (AvgIpc) is 2.75. The van der Waals surface area contributed by atoms with Gasteiger partial charge in [-0.15, -0.1) is 0 Å². The molecule has 0 unspecified atom stereocenters. The number of aromatic nitrogens is 2. The maximum atomic E-state index is 5.80. The molecule has 0 saturated heterocycles. The lowest BCUT2D eigenvalue weighted by molar-refractivity contribution is 0.416. The molecule has 0 aliphatic heterocycles. The number of hydrogen-bond acceptors (Lipinski definition) is 3. The van der Waals surface area contributed by atoms with Crippen molar-refractivity contribution in [1.82, 2.24) is 9.55 Å². The van der Waals surface area contributed by atoms with Gasteiger partial charge in [0.05, 0.1) is 23.7 Å². The third kappa shape index (κ3) is 1.81. The van der Waals surface area contributed by atoms with Crippen LogP contribution in [0.4, 0.5) is 5.69 Å². The predicted molar refractivity (Wildman–Crippen MR) is 77.1 cm³/mol. The third-order valence-corrected chi connectivity index (χ3v) is 3.25. The molecule has 2 aromatic carbocycles. The number of ether oxygens (including phenoxy) is 1. The summed E-state index contributed by atoms with van der Waals surface area (Å²) >= 11 is 0.